The molecule has 156 valence electrons. The summed E-state index contributed by atoms with van der Waals surface area (Å²) >= 11 is 1.55. The van der Waals surface area contributed by atoms with Gasteiger partial charge in [0.15, 0.2) is 16.8 Å². The van der Waals surface area contributed by atoms with Gasteiger partial charge in [0.05, 0.1) is 6.61 Å². The molecule has 0 amide bonds. The van der Waals surface area contributed by atoms with E-state index in [4.69, 9.17) is 4.74 Å². The number of para-hydroxylation sites is 1. The summed E-state index contributed by atoms with van der Waals surface area (Å²) in [7, 11) is 0. The van der Waals surface area contributed by atoms with E-state index in [1.54, 1.807) is 37.1 Å². The molecule has 0 unspecified atom stereocenters. The molecule has 4 rings (SSSR count). The van der Waals surface area contributed by atoms with Gasteiger partial charge in [-0.2, -0.15) is 0 Å². The minimum Gasteiger partial charge on any atom is -0.494 e. The van der Waals surface area contributed by atoms with Crippen LogP contribution < -0.4 is 4.74 Å². The number of pyridine rings is 1. The highest BCUT2D eigenvalue weighted by molar-refractivity contribution is 7.98. The van der Waals surface area contributed by atoms with Crippen molar-refractivity contribution in [2.24, 2.45) is 0 Å². The lowest BCUT2D eigenvalue weighted by molar-refractivity contribution is 0.101. The number of carbonyl (C=O) groups is 1. The number of benzene rings is 2. The van der Waals surface area contributed by atoms with E-state index in [2.05, 4.69) is 15.2 Å². The summed E-state index contributed by atoms with van der Waals surface area (Å²) in [5, 5.41) is 9.68. The van der Waals surface area contributed by atoms with E-state index in [9.17, 15) is 4.79 Å². The number of carbonyl (C=O) groups excluding carboxylic acids is 1. The van der Waals surface area contributed by atoms with Crippen molar-refractivity contribution in [1.29, 1.82) is 0 Å². The minimum absolute atomic E-state index is 0.0294. The molecular formula is C24H22N4O2S. The van der Waals surface area contributed by atoms with Crippen LogP contribution in [0.5, 0.6) is 5.75 Å². The Morgan fingerprint density at radius 3 is 2.52 bits per heavy atom. The van der Waals surface area contributed by atoms with Gasteiger partial charge in [0.2, 0.25) is 0 Å². The SMILES string of the molecule is CCOc1ccc(C(C)=O)cc1CSc1nnc(-c2ccncc2)n1-c1ccccc1. The third-order valence-electron chi connectivity index (χ3n) is 4.71. The van der Waals surface area contributed by atoms with Gasteiger partial charge in [0, 0.05) is 40.5 Å². The smallest absolute Gasteiger partial charge is 0.196 e. The fourth-order valence-electron chi connectivity index (χ4n) is 3.21. The quantitative estimate of drug-likeness (QED) is 0.282. The first-order valence-electron chi connectivity index (χ1n) is 9.98. The number of hydrogen-bond donors (Lipinski definition) is 0. The molecule has 0 saturated heterocycles. The number of ketones is 1. The molecule has 0 spiro atoms. The number of ether oxygens (including phenoxy) is 1. The van der Waals surface area contributed by atoms with Crippen LogP contribution in [0.4, 0.5) is 0 Å². The number of aromatic nitrogens is 4. The maximum Gasteiger partial charge on any atom is 0.196 e. The Balaban J connectivity index is 1.71. The Labute approximate surface area is 185 Å². The molecule has 0 bridgehead atoms. The predicted octanol–water partition coefficient (Wildman–Crippen LogP) is 5.22. The Morgan fingerprint density at radius 2 is 1.81 bits per heavy atom. The molecule has 0 radical (unpaired) electrons. The molecular weight excluding hydrogens is 408 g/mol. The number of hydrogen-bond acceptors (Lipinski definition) is 6. The van der Waals surface area contributed by atoms with Crippen LogP contribution in [0.1, 0.15) is 29.8 Å². The number of rotatable bonds is 8. The first-order valence-corrected chi connectivity index (χ1v) is 11.0. The predicted molar refractivity (Wildman–Crippen MR) is 122 cm³/mol. The van der Waals surface area contributed by atoms with Gasteiger partial charge in [-0.1, -0.05) is 30.0 Å². The lowest BCUT2D eigenvalue weighted by Crippen LogP contribution is -2.01. The van der Waals surface area contributed by atoms with E-state index < -0.39 is 0 Å². The second-order valence-corrected chi connectivity index (χ2v) is 7.76. The van der Waals surface area contributed by atoms with Crippen molar-refractivity contribution in [3.05, 3.63) is 84.2 Å². The van der Waals surface area contributed by atoms with Gasteiger partial charge in [-0.25, -0.2) is 0 Å². The Hall–Kier alpha value is -3.45. The normalized spacial score (nSPS) is 10.8. The van der Waals surface area contributed by atoms with Crippen LogP contribution in [-0.2, 0) is 5.75 Å². The maximum absolute atomic E-state index is 11.9. The lowest BCUT2D eigenvalue weighted by atomic mass is 10.1. The number of thioether (sulfide) groups is 1. The van der Waals surface area contributed by atoms with E-state index in [1.165, 1.54) is 0 Å². The molecule has 6 nitrogen and oxygen atoms in total. The van der Waals surface area contributed by atoms with E-state index >= 15 is 0 Å². The minimum atomic E-state index is 0.0294. The molecule has 0 saturated carbocycles. The first-order chi connectivity index (χ1) is 15.2. The Kier molecular flexibility index (Phi) is 6.43. The zero-order chi connectivity index (χ0) is 21.6. The van der Waals surface area contributed by atoms with Crippen molar-refractivity contribution in [1.82, 2.24) is 19.7 Å². The monoisotopic (exact) mass is 430 g/mol. The van der Waals surface area contributed by atoms with E-state index in [0.29, 0.717) is 17.9 Å². The molecule has 2 aromatic heterocycles. The van der Waals surface area contributed by atoms with Gasteiger partial charge < -0.3 is 4.74 Å². The van der Waals surface area contributed by atoms with Gasteiger partial charge in [-0.05, 0) is 56.3 Å². The van der Waals surface area contributed by atoms with Crippen molar-refractivity contribution >= 4 is 17.5 Å². The summed E-state index contributed by atoms with van der Waals surface area (Å²) in [5.41, 5.74) is 3.53. The third-order valence-corrected chi connectivity index (χ3v) is 5.69. The molecule has 0 aliphatic rings. The standard InChI is InChI=1S/C24H22N4O2S/c1-3-30-22-10-9-19(17(2)29)15-20(22)16-31-24-27-26-23(18-11-13-25-14-12-18)28(24)21-7-5-4-6-8-21/h4-15H,3,16H2,1-2H3. The highest BCUT2D eigenvalue weighted by Gasteiger charge is 2.17. The highest BCUT2D eigenvalue weighted by Crippen LogP contribution is 2.32. The van der Waals surface area contributed by atoms with Crippen molar-refractivity contribution in [3.63, 3.8) is 0 Å². The number of nitrogens with zero attached hydrogens (tertiary/aromatic N) is 4. The molecule has 0 fully saturated rings. The van der Waals surface area contributed by atoms with Gasteiger partial charge in [-0.15, -0.1) is 10.2 Å². The molecule has 4 aromatic rings. The lowest BCUT2D eigenvalue weighted by Gasteiger charge is -2.13. The maximum atomic E-state index is 11.9. The molecule has 0 aliphatic heterocycles. The average Bonchev–Trinajstić information content (AvgIpc) is 3.23. The largest absolute Gasteiger partial charge is 0.494 e. The van der Waals surface area contributed by atoms with Crippen LogP contribution in [0.3, 0.4) is 0 Å². The molecule has 31 heavy (non-hydrogen) atoms. The van der Waals surface area contributed by atoms with Crippen molar-refractivity contribution < 1.29 is 9.53 Å². The average molecular weight is 431 g/mol. The van der Waals surface area contributed by atoms with Gasteiger partial charge in [-0.3, -0.25) is 14.3 Å². The van der Waals surface area contributed by atoms with Gasteiger partial charge in [0.25, 0.3) is 0 Å². The van der Waals surface area contributed by atoms with Crippen molar-refractivity contribution in [2.75, 3.05) is 6.61 Å². The second kappa shape index (κ2) is 9.57. The van der Waals surface area contributed by atoms with Crippen LogP contribution in [-0.4, -0.2) is 32.1 Å². The highest BCUT2D eigenvalue weighted by atomic mass is 32.2. The summed E-state index contributed by atoms with van der Waals surface area (Å²) in [6.07, 6.45) is 3.49. The first kappa shape index (κ1) is 20.8. The third kappa shape index (κ3) is 4.67. The molecule has 7 heteroatoms. The van der Waals surface area contributed by atoms with Gasteiger partial charge >= 0.3 is 0 Å². The summed E-state index contributed by atoms with van der Waals surface area (Å²) in [6, 6.07) is 19.4. The topological polar surface area (TPSA) is 69.9 Å². The zero-order valence-corrected chi connectivity index (χ0v) is 18.2. The Bertz CT molecular complexity index is 1180. The van der Waals surface area contributed by atoms with Crippen LogP contribution in [0.2, 0.25) is 0 Å². The van der Waals surface area contributed by atoms with Crippen LogP contribution in [0, 0.1) is 0 Å². The summed E-state index contributed by atoms with van der Waals surface area (Å²) in [4.78, 5) is 16.0. The van der Waals surface area contributed by atoms with E-state index in [-0.39, 0.29) is 5.78 Å². The van der Waals surface area contributed by atoms with Crippen molar-refractivity contribution in [2.45, 2.75) is 24.8 Å². The van der Waals surface area contributed by atoms with Crippen molar-refractivity contribution in [3.8, 4) is 22.8 Å². The van der Waals surface area contributed by atoms with Crippen LogP contribution in [0.25, 0.3) is 17.1 Å². The Morgan fingerprint density at radius 1 is 1.03 bits per heavy atom. The summed E-state index contributed by atoms with van der Waals surface area (Å²) < 4.78 is 7.81. The van der Waals surface area contributed by atoms with E-state index in [0.717, 1.165) is 33.5 Å². The summed E-state index contributed by atoms with van der Waals surface area (Å²) in [6.45, 7) is 4.08. The molecule has 0 N–H and O–H groups in total. The fourth-order valence-corrected chi connectivity index (χ4v) is 4.14. The number of Topliss-reactive ketones (excluding diaryl/α,β-unsaturated/α-hetero) is 1. The van der Waals surface area contributed by atoms with Gasteiger partial charge in [0.1, 0.15) is 5.75 Å². The fraction of sp³-hybridized carbons (Fsp3) is 0.167. The van der Waals surface area contributed by atoms with E-state index in [1.807, 2.05) is 66.1 Å². The second-order valence-electron chi connectivity index (χ2n) is 6.81. The van der Waals surface area contributed by atoms with Crippen LogP contribution >= 0.6 is 11.8 Å². The molecule has 0 atom stereocenters. The van der Waals surface area contributed by atoms with Crippen LogP contribution in [0.15, 0.2) is 78.2 Å². The summed E-state index contributed by atoms with van der Waals surface area (Å²) in [5.74, 6) is 2.15. The molecule has 0 aliphatic carbocycles. The molecule has 2 aromatic carbocycles. The zero-order valence-electron chi connectivity index (χ0n) is 17.4. The molecule has 2 heterocycles.